The minimum atomic E-state index is 0.444. The molecule has 94 valence electrons. The van der Waals surface area contributed by atoms with Crippen molar-refractivity contribution >= 4 is 29.6 Å². The molecule has 0 saturated carbocycles. The maximum atomic E-state index is 5.88. The van der Waals surface area contributed by atoms with E-state index in [2.05, 4.69) is 50.2 Å². The van der Waals surface area contributed by atoms with E-state index >= 15 is 0 Å². The predicted molar refractivity (Wildman–Crippen MR) is 79.3 cm³/mol. The number of nitrogens with zero attached hydrogens (tertiary/aromatic N) is 1. The molecule has 0 saturated heterocycles. The minimum absolute atomic E-state index is 0.444. The van der Waals surface area contributed by atoms with E-state index in [1.54, 1.807) is 0 Å². The molecule has 1 heterocycles. The van der Waals surface area contributed by atoms with Crippen molar-refractivity contribution in [3.8, 4) is 0 Å². The van der Waals surface area contributed by atoms with Crippen LogP contribution in [0.2, 0.25) is 0 Å². The van der Waals surface area contributed by atoms with E-state index in [0.717, 1.165) is 0 Å². The van der Waals surface area contributed by atoms with Crippen LogP contribution in [0, 0.1) is 5.92 Å². The SMILES string of the molecule is CC(C)c1cccc2c1N(SN)C(C(C)C)S2. The molecule has 0 aliphatic carbocycles. The normalized spacial score (nSPS) is 19.2. The summed E-state index contributed by atoms with van der Waals surface area (Å²) in [7, 11) is 0. The number of fused-ring (bicyclic) bond motifs is 1. The lowest BCUT2D eigenvalue weighted by Gasteiger charge is -2.27. The number of rotatable bonds is 3. The summed E-state index contributed by atoms with van der Waals surface area (Å²) in [5.74, 6) is 1.12. The highest BCUT2D eigenvalue weighted by atomic mass is 32.2. The summed E-state index contributed by atoms with van der Waals surface area (Å²) >= 11 is 3.29. The first-order valence-electron chi connectivity index (χ1n) is 6.02. The topological polar surface area (TPSA) is 29.3 Å². The van der Waals surface area contributed by atoms with Crippen molar-refractivity contribution in [2.45, 2.75) is 43.9 Å². The quantitative estimate of drug-likeness (QED) is 0.831. The van der Waals surface area contributed by atoms with Crippen LogP contribution < -0.4 is 9.44 Å². The van der Waals surface area contributed by atoms with Crippen molar-refractivity contribution in [2.75, 3.05) is 4.31 Å². The van der Waals surface area contributed by atoms with E-state index in [1.165, 1.54) is 28.3 Å². The van der Waals surface area contributed by atoms with E-state index in [0.29, 0.717) is 17.2 Å². The minimum Gasteiger partial charge on any atom is -0.288 e. The number of anilines is 1. The standard InChI is InChI=1S/C13H20N2S2/c1-8(2)10-6-5-7-11-12(10)15(17-14)13(16-11)9(3)4/h5-9,13H,14H2,1-4H3. The van der Waals surface area contributed by atoms with Crippen LogP contribution in [0.15, 0.2) is 23.1 Å². The summed E-state index contributed by atoms with van der Waals surface area (Å²) < 4.78 is 2.28. The Morgan fingerprint density at radius 2 is 2.00 bits per heavy atom. The predicted octanol–water partition coefficient (Wildman–Crippen LogP) is 4.23. The van der Waals surface area contributed by atoms with Crippen LogP contribution in [-0.4, -0.2) is 5.37 Å². The van der Waals surface area contributed by atoms with Crippen LogP contribution in [0.1, 0.15) is 39.2 Å². The van der Waals surface area contributed by atoms with E-state index in [1.807, 2.05) is 11.8 Å². The van der Waals surface area contributed by atoms with E-state index in [4.69, 9.17) is 5.14 Å². The van der Waals surface area contributed by atoms with Gasteiger partial charge in [-0.1, -0.05) is 51.6 Å². The third kappa shape index (κ3) is 2.30. The highest BCUT2D eigenvalue weighted by molar-refractivity contribution is 8.04. The maximum Gasteiger partial charge on any atom is 0.0940 e. The summed E-state index contributed by atoms with van der Waals surface area (Å²) in [5, 5.41) is 6.32. The first-order valence-corrected chi connectivity index (χ1v) is 7.73. The van der Waals surface area contributed by atoms with Crippen LogP contribution in [-0.2, 0) is 0 Å². The maximum absolute atomic E-state index is 5.88. The van der Waals surface area contributed by atoms with Gasteiger partial charge in [0.15, 0.2) is 0 Å². The van der Waals surface area contributed by atoms with Gasteiger partial charge in [0, 0.05) is 17.0 Å². The molecule has 2 N–H and O–H groups in total. The largest absolute Gasteiger partial charge is 0.288 e. The van der Waals surface area contributed by atoms with Gasteiger partial charge in [-0.2, -0.15) is 0 Å². The average Bonchev–Trinajstić information content (AvgIpc) is 2.66. The molecular weight excluding hydrogens is 248 g/mol. The molecule has 0 radical (unpaired) electrons. The number of nitrogens with two attached hydrogens (primary N) is 1. The molecule has 17 heavy (non-hydrogen) atoms. The summed E-state index contributed by atoms with van der Waals surface area (Å²) in [6.07, 6.45) is 0. The molecule has 0 amide bonds. The molecule has 0 fully saturated rings. The molecule has 4 heteroatoms. The molecule has 0 spiro atoms. The third-order valence-electron chi connectivity index (χ3n) is 3.04. The molecule has 1 aliphatic rings. The Labute approximate surface area is 113 Å². The average molecular weight is 268 g/mol. The van der Waals surface area contributed by atoms with E-state index in [-0.39, 0.29) is 0 Å². The van der Waals surface area contributed by atoms with Gasteiger partial charge in [-0.15, -0.1) is 0 Å². The zero-order chi connectivity index (χ0) is 12.6. The number of hydrogen-bond donors (Lipinski definition) is 1. The van der Waals surface area contributed by atoms with Gasteiger partial charge in [0.2, 0.25) is 0 Å². The van der Waals surface area contributed by atoms with Crippen molar-refractivity contribution in [3.05, 3.63) is 23.8 Å². The third-order valence-corrected chi connectivity index (χ3v) is 5.39. The van der Waals surface area contributed by atoms with Gasteiger partial charge in [0.25, 0.3) is 0 Å². The fourth-order valence-electron chi connectivity index (χ4n) is 2.16. The van der Waals surface area contributed by atoms with Gasteiger partial charge < -0.3 is 0 Å². The fourth-order valence-corrected chi connectivity index (χ4v) is 4.39. The van der Waals surface area contributed by atoms with Crippen LogP contribution in [0.25, 0.3) is 0 Å². The summed E-state index contributed by atoms with van der Waals surface area (Å²) in [6.45, 7) is 8.98. The second-order valence-corrected chi connectivity index (χ2v) is 6.80. The molecule has 1 aromatic carbocycles. The Morgan fingerprint density at radius 1 is 1.29 bits per heavy atom. The Kier molecular flexibility index (Phi) is 3.95. The second-order valence-electron chi connectivity index (χ2n) is 5.03. The second kappa shape index (κ2) is 5.12. The summed E-state index contributed by atoms with van der Waals surface area (Å²) in [6, 6.07) is 6.58. The first-order chi connectivity index (χ1) is 8.06. The Hall–Kier alpha value is -0.320. The van der Waals surface area contributed by atoms with E-state index < -0.39 is 0 Å². The smallest absolute Gasteiger partial charge is 0.0940 e. The van der Waals surface area contributed by atoms with Gasteiger partial charge in [-0.05, 0) is 23.5 Å². The number of benzene rings is 1. The van der Waals surface area contributed by atoms with Gasteiger partial charge in [-0.25, -0.2) is 0 Å². The van der Waals surface area contributed by atoms with Gasteiger partial charge in [-0.3, -0.25) is 9.44 Å². The zero-order valence-electron chi connectivity index (χ0n) is 10.8. The Bertz CT molecular complexity index is 404. The lowest BCUT2D eigenvalue weighted by molar-refractivity contribution is 0.633. The first kappa shape index (κ1) is 13.1. The molecule has 1 aromatic rings. The van der Waals surface area contributed by atoms with Crippen LogP contribution >= 0.6 is 23.9 Å². The van der Waals surface area contributed by atoms with Crippen LogP contribution in [0.4, 0.5) is 5.69 Å². The monoisotopic (exact) mass is 268 g/mol. The number of para-hydroxylation sites is 1. The number of hydrogen-bond acceptors (Lipinski definition) is 4. The molecule has 1 aliphatic heterocycles. The summed E-state index contributed by atoms with van der Waals surface area (Å²) in [5.41, 5.74) is 2.73. The number of thioether (sulfide) groups is 1. The lowest BCUT2D eigenvalue weighted by Crippen LogP contribution is -2.29. The lowest BCUT2D eigenvalue weighted by atomic mass is 10.0. The van der Waals surface area contributed by atoms with Crippen molar-refractivity contribution in [2.24, 2.45) is 11.1 Å². The Morgan fingerprint density at radius 3 is 2.53 bits per heavy atom. The van der Waals surface area contributed by atoms with Gasteiger partial charge in [0.05, 0.1) is 11.1 Å². The van der Waals surface area contributed by atoms with Crippen molar-refractivity contribution in [1.29, 1.82) is 0 Å². The molecular formula is C13H20N2S2. The molecule has 0 aromatic heterocycles. The van der Waals surface area contributed by atoms with Crippen LogP contribution in [0.5, 0.6) is 0 Å². The molecule has 0 bridgehead atoms. The molecule has 1 atom stereocenters. The van der Waals surface area contributed by atoms with Gasteiger partial charge >= 0.3 is 0 Å². The van der Waals surface area contributed by atoms with E-state index in [9.17, 15) is 0 Å². The van der Waals surface area contributed by atoms with Crippen LogP contribution in [0.3, 0.4) is 0 Å². The fraction of sp³-hybridized carbons (Fsp3) is 0.538. The van der Waals surface area contributed by atoms with Gasteiger partial charge in [0.1, 0.15) is 0 Å². The van der Waals surface area contributed by atoms with Crippen molar-refractivity contribution in [3.63, 3.8) is 0 Å². The zero-order valence-corrected chi connectivity index (χ0v) is 12.4. The molecule has 2 rings (SSSR count). The molecule has 2 nitrogen and oxygen atoms in total. The highest BCUT2D eigenvalue weighted by Gasteiger charge is 2.34. The Balaban J connectivity index is 2.47. The summed E-state index contributed by atoms with van der Waals surface area (Å²) in [4.78, 5) is 1.37. The highest BCUT2D eigenvalue weighted by Crippen LogP contribution is 2.51. The molecule has 1 unspecified atom stereocenters. The van der Waals surface area contributed by atoms with Crippen molar-refractivity contribution in [1.82, 2.24) is 0 Å². The van der Waals surface area contributed by atoms with Crippen molar-refractivity contribution < 1.29 is 0 Å².